The first-order valence-electron chi connectivity index (χ1n) is 6.87. The molecule has 0 spiro atoms. The van der Waals surface area contributed by atoms with Gasteiger partial charge in [-0.2, -0.15) is 0 Å². The van der Waals surface area contributed by atoms with E-state index >= 15 is 0 Å². The smallest absolute Gasteiger partial charge is 0.119 e. The van der Waals surface area contributed by atoms with Gasteiger partial charge in [0.25, 0.3) is 0 Å². The number of rotatable bonds is 5. The Morgan fingerprint density at radius 1 is 1.42 bits per heavy atom. The Balaban J connectivity index is 0.00000180. The van der Waals surface area contributed by atoms with Crippen molar-refractivity contribution in [3.05, 3.63) is 29.8 Å². The molecule has 1 heterocycles. The molecule has 1 aliphatic heterocycles. The van der Waals surface area contributed by atoms with E-state index in [2.05, 4.69) is 23.1 Å². The molecule has 2 N–H and O–H groups in total. The molecule has 1 aliphatic rings. The number of nitrogens with two attached hydrogens (primary N) is 1. The number of likely N-dealkylation sites (tertiary alicyclic amines) is 1. The number of methoxy groups -OCH3 is 1. The number of benzene rings is 1. The molecule has 0 aromatic heterocycles. The number of nitrogens with zero attached hydrogens (tertiary/aromatic N) is 1. The summed E-state index contributed by atoms with van der Waals surface area (Å²) in [4.78, 5) is 2.54. The lowest BCUT2D eigenvalue weighted by atomic mass is 9.94. The van der Waals surface area contributed by atoms with E-state index < -0.39 is 0 Å². The summed E-state index contributed by atoms with van der Waals surface area (Å²) in [5.74, 6) is 1.73. The summed E-state index contributed by atoms with van der Waals surface area (Å²) in [6.07, 6.45) is 3.80. The lowest BCUT2D eigenvalue weighted by Crippen LogP contribution is -2.35. The van der Waals surface area contributed by atoms with E-state index in [0.717, 1.165) is 31.2 Å². The summed E-state index contributed by atoms with van der Waals surface area (Å²) in [6, 6.07) is 8.37. The maximum Gasteiger partial charge on any atom is 0.119 e. The van der Waals surface area contributed by atoms with E-state index in [1.165, 1.54) is 31.5 Å². The predicted molar refractivity (Wildman–Crippen MR) is 81.9 cm³/mol. The lowest BCUT2D eigenvalue weighted by molar-refractivity contribution is 0.163. The zero-order chi connectivity index (χ0) is 12.8. The van der Waals surface area contributed by atoms with Gasteiger partial charge in [-0.3, -0.25) is 4.90 Å². The van der Waals surface area contributed by atoms with E-state index in [-0.39, 0.29) is 12.4 Å². The SMILES string of the molecule is COc1cccc(CN2CCCC(CCN)C2)c1.Cl. The molecule has 1 aromatic rings. The van der Waals surface area contributed by atoms with Crippen molar-refractivity contribution >= 4 is 12.4 Å². The third kappa shape index (κ3) is 5.01. The van der Waals surface area contributed by atoms with E-state index in [1.807, 2.05) is 6.07 Å². The van der Waals surface area contributed by atoms with E-state index in [4.69, 9.17) is 10.5 Å². The summed E-state index contributed by atoms with van der Waals surface area (Å²) in [7, 11) is 1.72. The first-order valence-corrected chi connectivity index (χ1v) is 6.87. The molecule has 0 bridgehead atoms. The van der Waals surface area contributed by atoms with Gasteiger partial charge in [0.1, 0.15) is 5.75 Å². The average Bonchev–Trinajstić information content (AvgIpc) is 2.40. The zero-order valence-corrected chi connectivity index (χ0v) is 12.5. The third-order valence-electron chi connectivity index (χ3n) is 3.72. The summed E-state index contributed by atoms with van der Waals surface area (Å²) in [6.45, 7) is 4.24. The summed E-state index contributed by atoms with van der Waals surface area (Å²) >= 11 is 0. The highest BCUT2D eigenvalue weighted by molar-refractivity contribution is 5.85. The quantitative estimate of drug-likeness (QED) is 0.903. The highest BCUT2D eigenvalue weighted by Gasteiger charge is 2.19. The van der Waals surface area contributed by atoms with Gasteiger partial charge in [-0.25, -0.2) is 0 Å². The Morgan fingerprint density at radius 3 is 3.00 bits per heavy atom. The van der Waals surface area contributed by atoms with Crippen LogP contribution in [-0.2, 0) is 6.54 Å². The fourth-order valence-electron chi connectivity index (χ4n) is 2.80. The third-order valence-corrected chi connectivity index (χ3v) is 3.72. The highest BCUT2D eigenvalue weighted by Crippen LogP contribution is 2.21. The van der Waals surface area contributed by atoms with Crippen molar-refractivity contribution in [1.82, 2.24) is 4.90 Å². The molecule has 1 atom stereocenters. The predicted octanol–water partition coefficient (Wildman–Crippen LogP) is 2.68. The molecule has 1 fully saturated rings. The van der Waals surface area contributed by atoms with Gasteiger partial charge in [0.15, 0.2) is 0 Å². The van der Waals surface area contributed by atoms with Crippen LogP contribution in [0, 0.1) is 5.92 Å². The summed E-state index contributed by atoms with van der Waals surface area (Å²) in [5.41, 5.74) is 7.00. The molecule has 0 amide bonds. The standard InChI is InChI=1S/C15H24N2O.ClH/c1-18-15-6-2-4-14(10-15)12-17-9-3-5-13(11-17)7-8-16;/h2,4,6,10,13H,3,5,7-9,11-12,16H2,1H3;1H. The van der Waals surface area contributed by atoms with Gasteiger partial charge in [0, 0.05) is 13.1 Å². The van der Waals surface area contributed by atoms with Crippen molar-refractivity contribution < 1.29 is 4.74 Å². The van der Waals surface area contributed by atoms with Crippen LogP contribution in [0.4, 0.5) is 0 Å². The number of piperidine rings is 1. The second kappa shape index (κ2) is 8.41. The van der Waals surface area contributed by atoms with Crippen molar-refractivity contribution in [3.63, 3.8) is 0 Å². The maximum atomic E-state index is 5.66. The van der Waals surface area contributed by atoms with Crippen LogP contribution in [0.5, 0.6) is 5.75 Å². The van der Waals surface area contributed by atoms with Crippen LogP contribution in [0.1, 0.15) is 24.8 Å². The Hall–Kier alpha value is -0.770. The molecule has 4 heteroatoms. The molecule has 1 aromatic carbocycles. The van der Waals surface area contributed by atoms with Crippen LogP contribution in [0.25, 0.3) is 0 Å². The van der Waals surface area contributed by atoms with Crippen molar-refractivity contribution in [2.75, 3.05) is 26.7 Å². The number of hydrogen-bond donors (Lipinski definition) is 1. The van der Waals surface area contributed by atoms with Gasteiger partial charge < -0.3 is 10.5 Å². The van der Waals surface area contributed by atoms with Crippen LogP contribution in [0.2, 0.25) is 0 Å². The molecule has 2 rings (SSSR count). The first-order chi connectivity index (χ1) is 8.81. The van der Waals surface area contributed by atoms with Crippen molar-refractivity contribution in [3.8, 4) is 5.75 Å². The molecule has 108 valence electrons. The van der Waals surface area contributed by atoms with Gasteiger partial charge in [-0.05, 0) is 56.0 Å². The number of halogens is 1. The van der Waals surface area contributed by atoms with Crippen LogP contribution in [0.15, 0.2) is 24.3 Å². The fraction of sp³-hybridized carbons (Fsp3) is 0.600. The molecular formula is C15H25ClN2O. The molecule has 0 saturated carbocycles. The lowest BCUT2D eigenvalue weighted by Gasteiger charge is -2.32. The molecule has 1 saturated heterocycles. The normalized spacial score (nSPS) is 19.8. The average molecular weight is 285 g/mol. The molecule has 1 unspecified atom stereocenters. The molecule has 0 radical (unpaired) electrons. The van der Waals surface area contributed by atoms with Gasteiger partial charge in [-0.15, -0.1) is 12.4 Å². The minimum Gasteiger partial charge on any atom is -0.497 e. The van der Waals surface area contributed by atoms with Crippen molar-refractivity contribution in [2.45, 2.75) is 25.8 Å². The topological polar surface area (TPSA) is 38.5 Å². The second-order valence-corrected chi connectivity index (χ2v) is 5.17. The molecule has 0 aliphatic carbocycles. The molecule has 3 nitrogen and oxygen atoms in total. The Labute approximate surface area is 122 Å². The van der Waals surface area contributed by atoms with Crippen molar-refractivity contribution in [2.24, 2.45) is 11.7 Å². The minimum absolute atomic E-state index is 0. The van der Waals surface area contributed by atoms with E-state index in [1.54, 1.807) is 7.11 Å². The Morgan fingerprint density at radius 2 is 2.26 bits per heavy atom. The zero-order valence-electron chi connectivity index (χ0n) is 11.7. The second-order valence-electron chi connectivity index (χ2n) is 5.17. The molecule has 19 heavy (non-hydrogen) atoms. The van der Waals surface area contributed by atoms with Gasteiger partial charge in [0.2, 0.25) is 0 Å². The minimum atomic E-state index is 0. The summed E-state index contributed by atoms with van der Waals surface area (Å²) in [5, 5.41) is 0. The number of hydrogen-bond acceptors (Lipinski definition) is 3. The van der Waals surface area contributed by atoms with Crippen molar-refractivity contribution in [1.29, 1.82) is 0 Å². The summed E-state index contributed by atoms with van der Waals surface area (Å²) < 4.78 is 5.27. The monoisotopic (exact) mass is 284 g/mol. The van der Waals surface area contributed by atoms with Crippen LogP contribution in [0.3, 0.4) is 0 Å². The Kier molecular flexibility index (Phi) is 7.21. The fourth-order valence-corrected chi connectivity index (χ4v) is 2.80. The largest absolute Gasteiger partial charge is 0.497 e. The van der Waals surface area contributed by atoms with Gasteiger partial charge in [0.05, 0.1) is 7.11 Å². The van der Waals surface area contributed by atoms with Crippen LogP contribution >= 0.6 is 12.4 Å². The number of ether oxygens (including phenoxy) is 1. The molecular weight excluding hydrogens is 260 g/mol. The van der Waals surface area contributed by atoms with E-state index in [0.29, 0.717) is 0 Å². The van der Waals surface area contributed by atoms with E-state index in [9.17, 15) is 0 Å². The van der Waals surface area contributed by atoms with Crippen LogP contribution in [-0.4, -0.2) is 31.6 Å². The van der Waals surface area contributed by atoms with Crippen LogP contribution < -0.4 is 10.5 Å². The maximum absolute atomic E-state index is 5.66. The first kappa shape index (κ1) is 16.3. The van der Waals surface area contributed by atoms with Gasteiger partial charge in [-0.1, -0.05) is 12.1 Å². The Bertz CT molecular complexity index is 371. The highest BCUT2D eigenvalue weighted by atomic mass is 35.5. The van der Waals surface area contributed by atoms with Gasteiger partial charge >= 0.3 is 0 Å².